The molecule has 10 aromatic rings. The summed E-state index contributed by atoms with van der Waals surface area (Å²) in [5.74, 6) is 0.243. The van der Waals surface area contributed by atoms with Crippen LogP contribution in [-0.4, -0.2) is 85.5 Å². The van der Waals surface area contributed by atoms with Gasteiger partial charge in [-0.15, -0.1) is 0 Å². The molecule has 0 aliphatic rings. The van der Waals surface area contributed by atoms with E-state index in [-0.39, 0.29) is 0 Å². The lowest BCUT2D eigenvalue weighted by Gasteiger charge is -2.39. The first-order chi connectivity index (χ1) is 37.0. The summed E-state index contributed by atoms with van der Waals surface area (Å²) in [7, 11) is 11.4. The second-order valence-electron chi connectivity index (χ2n) is 20.1. The maximum Gasteiger partial charge on any atom is 0.217 e. The van der Waals surface area contributed by atoms with Crippen LogP contribution < -0.4 is 9.47 Å². The number of rotatable bonds is 18. The lowest BCUT2D eigenvalue weighted by molar-refractivity contribution is 0.00351. The number of aliphatic hydroxyl groups is 2. The van der Waals surface area contributed by atoms with Crippen LogP contribution in [0, 0.1) is 0 Å². The smallest absolute Gasteiger partial charge is 0.217 e. The number of hydrogen-bond donors (Lipinski definition) is 2. The zero-order chi connectivity index (χ0) is 53.1. The van der Waals surface area contributed by atoms with Crippen LogP contribution >= 0.6 is 0 Å². The van der Waals surface area contributed by atoms with E-state index in [0.717, 1.165) is 90.5 Å². The molecule has 0 saturated heterocycles. The molecule has 2 heterocycles. The van der Waals surface area contributed by atoms with Gasteiger partial charge in [0.05, 0.1) is 25.3 Å². The van der Waals surface area contributed by atoms with E-state index in [1.165, 1.54) is 0 Å². The number of benzene rings is 8. The van der Waals surface area contributed by atoms with Crippen LogP contribution in [0.4, 0.5) is 0 Å². The second kappa shape index (κ2) is 24.1. The van der Waals surface area contributed by atoms with Crippen LogP contribution in [0.2, 0.25) is 0 Å². The molecule has 0 aliphatic heterocycles. The third-order valence-electron chi connectivity index (χ3n) is 14.5. The maximum atomic E-state index is 12.7. The Hall–Kier alpha value is -7.98. The zero-order valence-corrected chi connectivity index (χ0v) is 44.4. The van der Waals surface area contributed by atoms with E-state index in [0.29, 0.717) is 24.6 Å². The van der Waals surface area contributed by atoms with Crippen LogP contribution in [0.25, 0.3) is 44.1 Å². The molecule has 2 N–H and O–H groups in total. The van der Waals surface area contributed by atoms with Gasteiger partial charge in [0.2, 0.25) is 11.8 Å². The minimum Gasteiger partial charge on any atom is -0.481 e. The molecule has 10 rings (SSSR count). The van der Waals surface area contributed by atoms with Gasteiger partial charge in [0.1, 0.15) is 11.2 Å². The summed E-state index contributed by atoms with van der Waals surface area (Å²) in [5, 5.41) is 27.4. The first kappa shape index (κ1) is 52.9. The van der Waals surface area contributed by atoms with Gasteiger partial charge in [-0.1, -0.05) is 194 Å². The third-order valence-corrected chi connectivity index (χ3v) is 14.5. The Bertz CT molecular complexity index is 3210. The molecule has 384 valence electrons. The predicted octanol–water partition coefficient (Wildman–Crippen LogP) is 13.8. The van der Waals surface area contributed by atoms with E-state index in [4.69, 9.17) is 19.4 Å². The van der Waals surface area contributed by atoms with Gasteiger partial charge in [0, 0.05) is 46.8 Å². The van der Waals surface area contributed by atoms with Crippen molar-refractivity contribution in [3.63, 3.8) is 0 Å². The van der Waals surface area contributed by atoms with E-state index in [2.05, 4.69) is 94.7 Å². The maximum absolute atomic E-state index is 12.7. The molecule has 0 spiro atoms. The van der Waals surface area contributed by atoms with Crippen LogP contribution in [0.5, 0.6) is 11.8 Å². The summed E-state index contributed by atoms with van der Waals surface area (Å²) in [6.07, 6.45) is 1.07. The zero-order valence-electron chi connectivity index (χ0n) is 44.4. The Morgan fingerprint density at radius 3 is 1.03 bits per heavy atom. The highest BCUT2D eigenvalue weighted by Crippen LogP contribution is 2.49. The molecule has 0 bridgehead atoms. The van der Waals surface area contributed by atoms with E-state index < -0.39 is 23.0 Å². The molecule has 4 unspecified atom stereocenters. The Morgan fingerprint density at radius 2 is 0.711 bits per heavy atom. The van der Waals surface area contributed by atoms with Crippen LogP contribution in [0.15, 0.2) is 231 Å². The first-order valence-electron chi connectivity index (χ1n) is 26.0. The van der Waals surface area contributed by atoms with Gasteiger partial charge in [-0.25, -0.2) is 9.97 Å². The molecule has 0 radical (unpaired) electrons. The van der Waals surface area contributed by atoms with Crippen LogP contribution in [0.3, 0.4) is 0 Å². The number of nitrogens with zero attached hydrogens (tertiary/aromatic N) is 4. The third kappa shape index (κ3) is 11.8. The number of fused-ring (bicyclic) bond motifs is 2. The van der Waals surface area contributed by atoms with E-state index in [9.17, 15) is 10.2 Å². The van der Waals surface area contributed by atoms with Crippen molar-refractivity contribution in [3.05, 3.63) is 264 Å². The number of hydrogen-bond acceptors (Lipinski definition) is 8. The lowest BCUT2D eigenvalue weighted by atomic mass is 9.71. The molecule has 0 fully saturated rings. The van der Waals surface area contributed by atoms with E-state index in [1.807, 2.05) is 174 Å². The summed E-state index contributed by atoms with van der Waals surface area (Å²) in [4.78, 5) is 14.1. The van der Waals surface area contributed by atoms with Crippen molar-refractivity contribution in [2.45, 2.75) is 35.9 Å². The van der Waals surface area contributed by atoms with Crippen molar-refractivity contribution in [2.75, 3.05) is 55.5 Å². The van der Waals surface area contributed by atoms with E-state index in [1.54, 1.807) is 14.2 Å². The molecular formula is C68H68N4O4. The molecule has 8 heteroatoms. The molecule has 4 atom stereocenters. The van der Waals surface area contributed by atoms with Crippen LogP contribution in [0.1, 0.15) is 58.1 Å². The van der Waals surface area contributed by atoms with Gasteiger partial charge in [-0.3, -0.25) is 0 Å². The Balaban J connectivity index is 0.000000186. The van der Waals surface area contributed by atoms with Gasteiger partial charge in [0.15, 0.2) is 0 Å². The summed E-state index contributed by atoms with van der Waals surface area (Å²) >= 11 is 0. The van der Waals surface area contributed by atoms with Gasteiger partial charge >= 0.3 is 0 Å². The van der Waals surface area contributed by atoms with Gasteiger partial charge < -0.3 is 29.5 Å². The molecule has 0 saturated carbocycles. The Kier molecular flexibility index (Phi) is 16.8. The molecule has 0 aliphatic carbocycles. The number of ether oxygens (including phenoxy) is 2. The molecular weight excluding hydrogens is 937 g/mol. The van der Waals surface area contributed by atoms with Crippen molar-refractivity contribution in [3.8, 4) is 34.0 Å². The molecule has 76 heavy (non-hydrogen) atoms. The second-order valence-corrected chi connectivity index (χ2v) is 20.1. The topological polar surface area (TPSA) is 91.2 Å². The van der Waals surface area contributed by atoms with E-state index >= 15 is 0 Å². The predicted molar refractivity (Wildman–Crippen MR) is 311 cm³/mol. The molecule has 0 amide bonds. The first-order valence-corrected chi connectivity index (χ1v) is 26.0. The summed E-state index contributed by atoms with van der Waals surface area (Å²) < 4.78 is 11.8. The normalized spacial score (nSPS) is 13.8. The average molecular weight is 1010 g/mol. The largest absolute Gasteiger partial charge is 0.481 e. The van der Waals surface area contributed by atoms with Gasteiger partial charge in [-0.2, -0.15) is 0 Å². The summed E-state index contributed by atoms with van der Waals surface area (Å²) in [5.41, 5.74) is 9.34. The van der Waals surface area contributed by atoms with Crippen molar-refractivity contribution in [1.82, 2.24) is 19.8 Å². The molecule has 2 aromatic heterocycles. The van der Waals surface area contributed by atoms with Crippen molar-refractivity contribution in [1.29, 1.82) is 0 Å². The fourth-order valence-electron chi connectivity index (χ4n) is 10.6. The van der Waals surface area contributed by atoms with Gasteiger partial charge in [0.25, 0.3) is 0 Å². The minimum atomic E-state index is -1.20. The molecule has 8 nitrogen and oxygen atoms in total. The highest BCUT2D eigenvalue weighted by Gasteiger charge is 2.44. The number of aromatic nitrogens is 2. The SMILES string of the molecule is COc1nc2ccc(-c3ccccc3)cc2cc1C(c1ccccc1)C(O)(CCN(C)C)c1ccccc1.COc1nc2ccc(-c3ccccc3)cc2cc1C(c1ccccc1)C(O)(CCN(C)C)c1ccccc1. The minimum absolute atomic E-state index is 0.404. The monoisotopic (exact) mass is 1000 g/mol. The molecule has 8 aromatic carbocycles. The van der Waals surface area contributed by atoms with Gasteiger partial charge in [-0.05, 0) is 122 Å². The fourth-order valence-corrected chi connectivity index (χ4v) is 10.6. The lowest BCUT2D eigenvalue weighted by Crippen LogP contribution is -2.37. The quantitative estimate of drug-likeness (QED) is 0.0878. The van der Waals surface area contributed by atoms with Crippen molar-refractivity contribution >= 4 is 21.8 Å². The summed E-state index contributed by atoms with van der Waals surface area (Å²) in [6.45, 7) is 1.44. The fraction of sp³-hybridized carbons (Fsp3) is 0.206. The standard InChI is InChI=1S/2C34H34N2O2/c2*1-36(2)22-21-34(37,29-17-11-6-12-18-29)32(26-15-9-5-10-16-26)30-24-28-23-27(25-13-7-4-8-14-25)19-20-31(28)35-33(30)38-3/h2*4-20,23-24,32,37H,21-22H2,1-3H3. The number of methoxy groups -OCH3 is 2. The van der Waals surface area contributed by atoms with Crippen LogP contribution in [-0.2, 0) is 11.2 Å². The summed E-state index contributed by atoms with van der Waals surface area (Å²) in [6, 6.07) is 78.0. The Labute approximate surface area is 448 Å². The highest BCUT2D eigenvalue weighted by atomic mass is 16.5. The van der Waals surface area contributed by atoms with Crippen molar-refractivity contribution in [2.24, 2.45) is 0 Å². The highest BCUT2D eigenvalue weighted by molar-refractivity contribution is 5.87. The number of pyridine rings is 2. The average Bonchev–Trinajstić information content (AvgIpc) is 3.47. The Morgan fingerprint density at radius 1 is 0.395 bits per heavy atom. The van der Waals surface area contributed by atoms with Crippen molar-refractivity contribution < 1.29 is 19.7 Å².